The lowest BCUT2D eigenvalue weighted by molar-refractivity contribution is -0.137. The second-order valence-corrected chi connectivity index (χ2v) is 7.08. The van der Waals surface area contributed by atoms with Crippen LogP contribution in [-0.2, 0) is 17.6 Å². The smallest absolute Gasteiger partial charge is 0.416 e. The zero-order valence-electron chi connectivity index (χ0n) is 17.3. The molecule has 6 nitrogen and oxygen atoms in total. The van der Waals surface area contributed by atoms with Crippen molar-refractivity contribution in [2.24, 2.45) is 5.16 Å². The summed E-state index contributed by atoms with van der Waals surface area (Å²) in [5.41, 5.74) is 1.39. The van der Waals surface area contributed by atoms with Crippen LogP contribution in [0.25, 0.3) is 0 Å². The number of amides is 2. The fourth-order valence-corrected chi connectivity index (χ4v) is 3.32. The van der Waals surface area contributed by atoms with Gasteiger partial charge in [0.1, 0.15) is 5.75 Å². The van der Waals surface area contributed by atoms with Gasteiger partial charge >= 0.3 is 12.2 Å². The molecule has 0 saturated carbocycles. The minimum absolute atomic E-state index is 0.147. The number of methoxy groups -OCH3 is 1. The fourth-order valence-electron chi connectivity index (χ4n) is 3.32. The lowest BCUT2D eigenvalue weighted by Crippen LogP contribution is -2.43. The molecule has 1 aliphatic rings. The Hall–Kier alpha value is -3.23. The molecule has 1 N–H and O–H groups in total. The van der Waals surface area contributed by atoms with E-state index in [4.69, 9.17) is 9.57 Å². The zero-order valence-corrected chi connectivity index (χ0v) is 17.3. The Kier molecular flexibility index (Phi) is 7.04. The fraction of sp³-hybridized carbons (Fsp3) is 0.364. The zero-order chi connectivity index (χ0) is 22.4. The number of ether oxygens (including phenoxy) is 1. The first-order valence-electron chi connectivity index (χ1n) is 9.86. The first-order valence-corrected chi connectivity index (χ1v) is 9.86. The van der Waals surface area contributed by atoms with E-state index in [1.807, 2.05) is 24.3 Å². The Morgan fingerprint density at radius 2 is 1.94 bits per heavy atom. The lowest BCUT2D eigenvalue weighted by Gasteiger charge is -2.25. The number of para-hydroxylation sites is 1. The number of alkyl halides is 3. The molecule has 1 unspecified atom stereocenters. The predicted molar refractivity (Wildman–Crippen MR) is 110 cm³/mol. The number of rotatable bonds is 7. The van der Waals surface area contributed by atoms with E-state index in [-0.39, 0.29) is 25.2 Å². The third-order valence-electron chi connectivity index (χ3n) is 4.84. The third-order valence-corrected chi connectivity index (χ3v) is 4.84. The monoisotopic (exact) mass is 435 g/mol. The van der Waals surface area contributed by atoms with E-state index in [2.05, 4.69) is 10.5 Å². The van der Waals surface area contributed by atoms with E-state index in [0.717, 1.165) is 17.7 Å². The number of halogens is 3. The molecule has 0 spiro atoms. The van der Waals surface area contributed by atoms with Crippen molar-refractivity contribution >= 4 is 11.7 Å². The van der Waals surface area contributed by atoms with Crippen LogP contribution >= 0.6 is 0 Å². The standard InChI is InChI=1S/C22H24F3N3O3/c1-3-26-21(29)28(13-15-8-10-16(11-9-15)22(23,24)25)14-17-12-19(27-31-17)18-6-4-5-7-20(18)30-2/h4-11,17H,3,12-14H2,1-2H3,(H,26,29). The molecule has 2 amide bonds. The Balaban J connectivity index is 1.69. The molecule has 3 rings (SSSR count). The highest BCUT2D eigenvalue weighted by Gasteiger charge is 2.31. The van der Waals surface area contributed by atoms with Crippen LogP contribution in [0.4, 0.5) is 18.0 Å². The van der Waals surface area contributed by atoms with Gasteiger partial charge in [0.25, 0.3) is 0 Å². The van der Waals surface area contributed by atoms with Crippen molar-refractivity contribution in [3.8, 4) is 5.75 Å². The molecule has 0 bridgehead atoms. The molecular formula is C22H24F3N3O3. The Morgan fingerprint density at radius 1 is 1.23 bits per heavy atom. The highest BCUT2D eigenvalue weighted by molar-refractivity contribution is 6.03. The van der Waals surface area contributed by atoms with E-state index in [1.54, 1.807) is 14.0 Å². The number of hydrogen-bond acceptors (Lipinski definition) is 4. The summed E-state index contributed by atoms with van der Waals surface area (Å²) in [5.74, 6) is 0.677. The largest absolute Gasteiger partial charge is 0.496 e. The second kappa shape index (κ2) is 9.72. The summed E-state index contributed by atoms with van der Waals surface area (Å²) in [7, 11) is 1.58. The molecule has 166 valence electrons. The summed E-state index contributed by atoms with van der Waals surface area (Å²) in [4.78, 5) is 19.6. The van der Waals surface area contributed by atoms with Crippen LogP contribution in [0.1, 0.15) is 30.0 Å². The van der Waals surface area contributed by atoms with Gasteiger partial charge in [0.05, 0.1) is 24.9 Å². The maximum absolute atomic E-state index is 12.8. The lowest BCUT2D eigenvalue weighted by atomic mass is 10.0. The van der Waals surface area contributed by atoms with Crippen LogP contribution in [0, 0.1) is 0 Å². The van der Waals surface area contributed by atoms with Crippen LogP contribution in [0.5, 0.6) is 5.75 Å². The molecule has 0 aliphatic carbocycles. The maximum Gasteiger partial charge on any atom is 0.416 e. The molecule has 1 heterocycles. The number of nitrogens with one attached hydrogen (secondary N) is 1. The first kappa shape index (κ1) is 22.5. The van der Waals surface area contributed by atoms with Crippen molar-refractivity contribution in [2.45, 2.75) is 32.2 Å². The van der Waals surface area contributed by atoms with Crippen molar-refractivity contribution in [3.63, 3.8) is 0 Å². The summed E-state index contributed by atoms with van der Waals surface area (Å²) in [6.45, 7) is 2.60. The molecule has 2 aromatic carbocycles. The van der Waals surface area contributed by atoms with Crippen LogP contribution in [-0.4, -0.2) is 42.9 Å². The number of hydrogen-bond donors (Lipinski definition) is 1. The van der Waals surface area contributed by atoms with Gasteiger partial charge in [0, 0.05) is 25.1 Å². The highest BCUT2D eigenvalue weighted by Crippen LogP contribution is 2.29. The van der Waals surface area contributed by atoms with Gasteiger partial charge in [-0.05, 0) is 36.8 Å². The molecule has 9 heteroatoms. The number of oxime groups is 1. The minimum atomic E-state index is -4.40. The summed E-state index contributed by atoms with van der Waals surface area (Å²) in [6.07, 6.45) is -4.30. The second-order valence-electron chi connectivity index (χ2n) is 7.08. The molecule has 0 radical (unpaired) electrons. The van der Waals surface area contributed by atoms with Gasteiger partial charge in [-0.15, -0.1) is 0 Å². The number of carbonyl (C=O) groups excluding carboxylic acids is 1. The van der Waals surface area contributed by atoms with Gasteiger partial charge in [-0.2, -0.15) is 13.2 Å². The van der Waals surface area contributed by atoms with Gasteiger partial charge in [-0.25, -0.2) is 4.79 Å². The molecule has 0 fully saturated rings. The van der Waals surface area contributed by atoms with Gasteiger partial charge in [-0.1, -0.05) is 29.4 Å². The predicted octanol–water partition coefficient (Wildman–Crippen LogP) is 4.44. The van der Waals surface area contributed by atoms with E-state index in [9.17, 15) is 18.0 Å². The summed E-state index contributed by atoms with van der Waals surface area (Å²) < 4.78 is 43.8. The summed E-state index contributed by atoms with van der Waals surface area (Å²) >= 11 is 0. The van der Waals surface area contributed by atoms with Crippen molar-refractivity contribution in [1.82, 2.24) is 10.2 Å². The Bertz CT molecular complexity index is 930. The van der Waals surface area contributed by atoms with E-state index < -0.39 is 11.7 Å². The normalized spacial score (nSPS) is 15.8. The van der Waals surface area contributed by atoms with Gasteiger partial charge < -0.3 is 19.8 Å². The number of nitrogens with zero attached hydrogens (tertiary/aromatic N) is 2. The van der Waals surface area contributed by atoms with Crippen LogP contribution in [0.2, 0.25) is 0 Å². The number of urea groups is 1. The topological polar surface area (TPSA) is 63.2 Å². The average Bonchev–Trinajstić information content (AvgIpc) is 3.21. The summed E-state index contributed by atoms with van der Waals surface area (Å²) in [5, 5.41) is 6.88. The SMILES string of the molecule is CCNC(=O)N(Cc1ccc(C(F)(F)F)cc1)CC1CC(c2ccccc2OC)=NO1. The van der Waals surface area contributed by atoms with Crippen molar-refractivity contribution in [3.05, 3.63) is 65.2 Å². The van der Waals surface area contributed by atoms with E-state index in [1.165, 1.54) is 17.0 Å². The molecule has 0 aromatic heterocycles. The summed E-state index contributed by atoms with van der Waals surface area (Å²) in [6, 6.07) is 11.9. The molecule has 31 heavy (non-hydrogen) atoms. The van der Waals surface area contributed by atoms with Crippen LogP contribution in [0.3, 0.4) is 0 Å². The van der Waals surface area contributed by atoms with Crippen molar-refractivity contribution in [1.29, 1.82) is 0 Å². The Labute approximate surface area is 178 Å². The molecule has 0 saturated heterocycles. The molecule has 1 atom stereocenters. The van der Waals surface area contributed by atoms with Gasteiger partial charge in [0.2, 0.25) is 0 Å². The van der Waals surface area contributed by atoms with Gasteiger partial charge in [0.15, 0.2) is 6.10 Å². The quantitative estimate of drug-likeness (QED) is 0.700. The van der Waals surface area contributed by atoms with Crippen molar-refractivity contribution in [2.75, 3.05) is 20.2 Å². The minimum Gasteiger partial charge on any atom is -0.496 e. The van der Waals surface area contributed by atoms with Gasteiger partial charge in [-0.3, -0.25) is 0 Å². The van der Waals surface area contributed by atoms with Crippen LogP contribution < -0.4 is 10.1 Å². The molecular weight excluding hydrogens is 411 g/mol. The first-order chi connectivity index (χ1) is 14.8. The van der Waals surface area contributed by atoms with E-state index in [0.29, 0.717) is 30.0 Å². The third kappa shape index (κ3) is 5.68. The number of benzene rings is 2. The molecule has 2 aromatic rings. The van der Waals surface area contributed by atoms with Crippen molar-refractivity contribution < 1.29 is 27.5 Å². The maximum atomic E-state index is 12.8. The Morgan fingerprint density at radius 3 is 2.58 bits per heavy atom. The molecule has 1 aliphatic heterocycles. The van der Waals surface area contributed by atoms with Crippen LogP contribution in [0.15, 0.2) is 53.7 Å². The highest BCUT2D eigenvalue weighted by atomic mass is 19.4. The average molecular weight is 435 g/mol. The van der Waals surface area contributed by atoms with E-state index >= 15 is 0 Å². The number of carbonyl (C=O) groups is 1.